The molecular formula is C13H14BrFN2OS. The van der Waals surface area contributed by atoms with E-state index >= 15 is 0 Å². The first-order chi connectivity index (χ1) is 9.20. The number of ether oxygens (including phenoxy) is 1. The Morgan fingerprint density at radius 2 is 2.32 bits per heavy atom. The van der Waals surface area contributed by atoms with E-state index in [-0.39, 0.29) is 5.82 Å². The fourth-order valence-electron chi connectivity index (χ4n) is 1.58. The van der Waals surface area contributed by atoms with Crippen LogP contribution in [0.5, 0.6) is 0 Å². The van der Waals surface area contributed by atoms with Gasteiger partial charge in [0.25, 0.3) is 0 Å². The summed E-state index contributed by atoms with van der Waals surface area (Å²) in [6.07, 6.45) is 0. The van der Waals surface area contributed by atoms with Crippen molar-refractivity contribution in [2.45, 2.75) is 6.54 Å². The smallest absolute Gasteiger partial charge is 0.133 e. The van der Waals surface area contributed by atoms with E-state index in [1.165, 1.54) is 17.4 Å². The average Bonchev–Trinajstić information content (AvgIpc) is 2.83. The monoisotopic (exact) mass is 344 g/mol. The maximum Gasteiger partial charge on any atom is 0.133 e. The number of nitrogens with zero attached hydrogens (tertiary/aromatic N) is 1. The largest absolute Gasteiger partial charge is 0.383 e. The van der Waals surface area contributed by atoms with Gasteiger partial charge in [0.2, 0.25) is 0 Å². The summed E-state index contributed by atoms with van der Waals surface area (Å²) in [7, 11) is 1.67. The predicted molar refractivity (Wildman–Crippen MR) is 78.8 cm³/mol. The first-order valence-corrected chi connectivity index (χ1v) is 7.47. The summed E-state index contributed by atoms with van der Waals surface area (Å²) in [6, 6.07) is 5.00. The average molecular weight is 345 g/mol. The van der Waals surface area contributed by atoms with E-state index in [4.69, 9.17) is 4.74 Å². The molecule has 1 heterocycles. The third kappa shape index (κ3) is 4.07. The lowest BCUT2D eigenvalue weighted by Crippen LogP contribution is -2.18. The van der Waals surface area contributed by atoms with E-state index in [9.17, 15) is 4.39 Å². The summed E-state index contributed by atoms with van der Waals surface area (Å²) in [5.74, 6) is -0.265. The second-order valence-electron chi connectivity index (χ2n) is 3.92. The van der Waals surface area contributed by atoms with Crippen LogP contribution in [0.4, 0.5) is 4.39 Å². The highest BCUT2D eigenvalue weighted by atomic mass is 79.9. The molecule has 0 unspecified atom stereocenters. The second kappa shape index (κ2) is 7.09. The van der Waals surface area contributed by atoms with Crippen LogP contribution in [0, 0.1) is 5.82 Å². The Hall–Kier alpha value is -0.820. The van der Waals surface area contributed by atoms with Crippen LogP contribution in [0.3, 0.4) is 0 Å². The zero-order valence-electron chi connectivity index (χ0n) is 10.5. The van der Waals surface area contributed by atoms with Crippen LogP contribution in [0.15, 0.2) is 28.1 Å². The van der Waals surface area contributed by atoms with Gasteiger partial charge in [-0.1, -0.05) is 15.9 Å². The van der Waals surface area contributed by atoms with Gasteiger partial charge in [-0.3, -0.25) is 0 Å². The Kier molecular flexibility index (Phi) is 5.45. The molecule has 0 aliphatic carbocycles. The molecule has 0 fully saturated rings. The predicted octanol–water partition coefficient (Wildman–Crippen LogP) is 3.45. The van der Waals surface area contributed by atoms with Crippen LogP contribution >= 0.6 is 27.3 Å². The van der Waals surface area contributed by atoms with Gasteiger partial charge in [-0.05, 0) is 18.2 Å². The normalized spacial score (nSPS) is 10.9. The molecule has 1 aromatic heterocycles. The quantitative estimate of drug-likeness (QED) is 0.815. The van der Waals surface area contributed by atoms with E-state index in [1.54, 1.807) is 13.2 Å². The molecule has 0 aliphatic rings. The molecule has 0 spiro atoms. The summed E-state index contributed by atoms with van der Waals surface area (Å²) < 4.78 is 19.5. The minimum Gasteiger partial charge on any atom is -0.383 e. The first-order valence-electron chi connectivity index (χ1n) is 5.80. The maximum absolute atomic E-state index is 13.8. The van der Waals surface area contributed by atoms with Crippen molar-refractivity contribution in [3.63, 3.8) is 0 Å². The summed E-state index contributed by atoms with van der Waals surface area (Å²) in [5, 5.41) is 6.03. The van der Waals surface area contributed by atoms with Crippen molar-refractivity contribution >= 4 is 27.3 Å². The van der Waals surface area contributed by atoms with Gasteiger partial charge in [-0.15, -0.1) is 11.3 Å². The van der Waals surface area contributed by atoms with Crippen LogP contribution in [-0.4, -0.2) is 25.2 Å². The van der Waals surface area contributed by atoms with Crippen molar-refractivity contribution in [2.75, 3.05) is 20.3 Å². The minimum absolute atomic E-state index is 0.265. The Labute approximate surface area is 124 Å². The minimum atomic E-state index is -0.265. The molecule has 0 atom stereocenters. The zero-order chi connectivity index (χ0) is 13.7. The number of methoxy groups -OCH3 is 1. The summed E-state index contributed by atoms with van der Waals surface area (Å²) in [5.41, 5.74) is 1.21. The Balaban J connectivity index is 2.04. The number of rotatable bonds is 6. The molecule has 3 nitrogen and oxygen atoms in total. The third-order valence-electron chi connectivity index (χ3n) is 2.52. The standard InChI is InChI=1S/C13H14BrFN2OS/c1-18-5-4-16-7-13-17-12(8-19-13)10-3-2-9(14)6-11(10)15/h2-3,6,8,16H,4-5,7H2,1H3. The first kappa shape index (κ1) is 14.6. The number of aromatic nitrogens is 1. The van der Waals surface area contributed by atoms with Gasteiger partial charge in [0.15, 0.2) is 0 Å². The molecule has 1 N–H and O–H groups in total. The van der Waals surface area contributed by atoms with Crippen molar-refractivity contribution in [3.8, 4) is 11.3 Å². The number of nitrogens with one attached hydrogen (secondary N) is 1. The van der Waals surface area contributed by atoms with E-state index in [1.807, 2.05) is 11.4 Å². The summed E-state index contributed by atoms with van der Waals surface area (Å²) in [6.45, 7) is 2.11. The Morgan fingerprint density at radius 1 is 1.47 bits per heavy atom. The number of halogens is 2. The van der Waals surface area contributed by atoms with Crippen LogP contribution in [0.25, 0.3) is 11.3 Å². The topological polar surface area (TPSA) is 34.1 Å². The van der Waals surface area contributed by atoms with E-state index in [0.29, 0.717) is 24.4 Å². The van der Waals surface area contributed by atoms with Crippen LogP contribution in [-0.2, 0) is 11.3 Å². The lowest BCUT2D eigenvalue weighted by Gasteiger charge is -2.01. The van der Waals surface area contributed by atoms with Gasteiger partial charge < -0.3 is 10.1 Å². The molecule has 0 amide bonds. The maximum atomic E-state index is 13.8. The molecule has 19 heavy (non-hydrogen) atoms. The van der Waals surface area contributed by atoms with Crippen molar-refractivity contribution in [2.24, 2.45) is 0 Å². The summed E-state index contributed by atoms with van der Waals surface area (Å²) >= 11 is 4.77. The van der Waals surface area contributed by atoms with Crippen molar-refractivity contribution in [1.82, 2.24) is 10.3 Å². The highest BCUT2D eigenvalue weighted by Crippen LogP contribution is 2.26. The summed E-state index contributed by atoms with van der Waals surface area (Å²) in [4.78, 5) is 4.43. The van der Waals surface area contributed by atoms with Crippen LogP contribution in [0.2, 0.25) is 0 Å². The molecule has 1 aromatic carbocycles. The van der Waals surface area contributed by atoms with Gasteiger partial charge in [0.1, 0.15) is 10.8 Å². The lowest BCUT2D eigenvalue weighted by molar-refractivity contribution is 0.199. The third-order valence-corrected chi connectivity index (χ3v) is 3.86. The van der Waals surface area contributed by atoms with Crippen molar-refractivity contribution in [3.05, 3.63) is 38.9 Å². The van der Waals surface area contributed by atoms with Gasteiger partial charge in [0.05, 0.1) is 12.3 Å². The Morgan fingerprint density at radius 3 is 3.05 bits per heavy atom. The number of hydrogen-bond donors (Lipinski definition) is 1. The molecular weight excluding hydrogens is 331 g/mol. The molecule has 0 saturated carbocycles. The molecule has 2 rings (SSSR count). The van der Waals surface area contributed by atoms with E-state index in [0.717, 1.165) is 16.0 Å². The molecule has 2 aromatic rings. The highest BCUT2D eigenvalue weighted by Gasteiger charge is 2.09. The molecule has 0 radical (unpaired) electrons. The van der Waals surface area contributed by atoms with E-state index in [2.05, 4.69) is 26.2 Å². The molecule has 6 heteroatoms. The number of thiazole rings is 1. The number of benzene rings is 1. The SMILES string of the molecule is COCCNCc1nc(-c2ccc(Br)cc2F)cs1. The molecule has 0 saturated heterocycles. The van der Waals surface area contributed by atoms with Gasteiger partial charge in [-0.2, -0.15) is 0 Å². The fraction of sp³-hybridized carbons (Fsp3) is 0.308. The highest BCUT2D eigenvalue weighted by molar-refractivity contribution is 9.10. The molecule has 102 valence electrons. The van der Waals surface area contributed by atoms with Gasteiger partial charge in [0, 0.05) is 35.6 Å². The van der Waals surface area contributed by atoms with Crippen LogP contribution in [0.1, 0.15) is 5.01 Å². The van der Waals surface area contributed by atoms with Crippen molar-refractivity contribution < 1.29 is 9.13 Å². The van der Waals surface area contributed by atoms with Gasteiger partial charge >= 0.3 is 0 Å². The number of hydrogen-bond acceptors (Lipinski definition) is 4. The van der Waals surface area contributed by atoms with Gasteiger partial charge in [-0.25, -0.2) is 9.37 Å². The fourth-order valence-corrected chi connectivity index (χ4v) is 2.68. The lowest BCUT2D eigenvalue weighted by atomic mass is 10.1. The second-order valence-corrected chi connectivity index (χ2v) is 5.78. The molecule has 0 aliphatic heterocycles. The zero-order valence-corrected chi connectivity index (χ0v) is 12.9. The Bertz CT molecular complexity index is 547. The molecule has 0 bridgehead atoms. The van der Waals surface area contributed by atoms with E-state index < -0.39 is 0 Å². The van der Waals surface area contributed by atoms with Crippen LogP contribution < -0.4 is 5.32 Å². The van der Waals surface area contributed by atoms with Crippen molar-refractivity contribution in [1.29, 1.82) is 0 Å².